The number of thiazole rings is 1. The first-order chi connectivity index (χ1) is 9.22. The van der Waals surface area contributed by atoms with Crippen molar-refractivity contribution in [2.75, 3.05) is 0 Å². The van der Waals surface area contributed by atoms with Gasteiger partial charge in [0, 0.05) is 18.0 Å². The van der Waals surface area contributed by atoms with Crippen LogP contribution in [0.1, 0.15) is 54.2 Å². The van der Waals surface area contributed by atoms with Crippen molar-refractivity contribution in [1.82, 2.24) is 14.8 Å². The highest BCUT2D eigenvalue weighted by molar-refractivity contribution is 7.09. The summed E-state index contributed by atoms with van der Waals surface area (Å²) < 4.78 is 2.07. The summed E-state index contributed by atoms with van der Waals surface area (Å²) in [4.78, 5) is 4.32. The fourth-order valence-corrected chi connectivity index (χ4v) is 3.35. The van der Waals surface area contributed by atoms with Crippen LogP contribution in [-0.4, -0.2) is 19.9 Å². The van der Waals surface area contributed by atoms with Gasteiger partial charge in [0.2, 0.25) is 0 Å². The molecule has 0 spiro atoms. The van der Waals surface area contributed by atoms with Crippen LogP contribution in [-0.2, 0) is 6.42 Å². The van der Waals surface area contributed by atoms with Gasteiger partial charge in [0.25, 0.3) is 0 Å². The van der Waals surface area contributed by atoms with E-state index < -0.39 is 6.10 Å². The molecule has 19 heavy (non-hydrogen) atoms. The minimum atomic E-state index is -0.545. The summed E-state index contributed by atoms with van der Waals surface area (Å²) in [5.41, 5.74) is 1.71. The van der Waals surface area contributed by atoms with E-state index in [9.17, 15) is 5.11 Å². The van der Waals surface area contributed by atoms with Crippen LogP contribution in [0, 0.1) is 6.92 Å². The van der Waals surface area contributed by atoms with Gasteiger partial charge in [0.05, 0.1) is 22.4 Å². The van der Waals surface area contributed by atoms with Gasteiger partial charge in [-0.25, -0.2) is 4.98 Å². The standard InChI is InChI=1S/C14H19N3OS/c1-10-15-13(9-19-10)14(18)8-11-6-7-17(16-11)12-4-2-3-5-12/h6-7,9,12,14,18H,2-5,8H2,1H3. The highest BCUT2D eigenvalue weighted by Crippen LogP contribution is 2.29. The van der Waals surface area contributed by atoms with Crippen LogP contribution in [0.2, 0.25) is 0 Å². The van der Waals surface area contributed by atoms with Crippen molar-refractivity contribution in [1.29, 1.82) is 0 Å². The minimum Gasteiger partial charge on any atom is -0.386 e. The van der Waals surface area contributed by atoms with Crippen molar-refractivity contribution in [2.24, 2.45) is 0 Å². The van der Waals surface area contributed by atoms with Crippen LogP contribution in [0.5, 0.6) is 0 Å². The second kappa shape index (κ2) is 5.43. The maximum absolute atomic E-state index is 10.2. The van der Waals surface area contributed by atoms with Crippen molar-refractivity contribution in [3.63, 3.8) is 0 Å². The van der Waals surface area contributed by atoms with Crippen LogP contribution >= 0.6 is 11.3 Å². The van der Waals surface area contributed by atoms with Gasteiger partial charge in [-0.2, -0.15) is 5.10 Å². The lowest BCUT2D eigenvalue weighted by Crippen LogP contribution is -2.07. The fraction of sp³-hybridized carbons (Fsp3) is 0.571. The van der Waals surface area contributed by atoms with E-state index >= 15 is 0 Å². The summed E-state index contributed by atoms with van der Waals surface area (Å²) in [6, 6.07) is 2.58. The molecule has 5 heteroatoms. The minimum absolute atomic E-state index is 0.545. The first kappa shape index (κ1) is 12.8. The third-order valence-electron chi connectivity index (χ3n) is 3.74. The van der Waals surface area contributed by atoms with Crippen molar-refractivity contribution in [3.05, 3.63) is 34.0 Å². The normalized spacial score (nSPS) is 18.0. The number of aromatic nitrogens is 3. The molecule has 0 radical (unpaired) electrons. The zero-order valence-corrected chi connectivity index (χ0v) is 11.9. The molecule has 3 rings (SSSR count). The first-order valence-electron chi connectivity index (χ1n) is 6.86. The number of aryl methyl sites for hydroxylation is 1. The van der Waals surface area contributed by atoms with E-state index in [2.05, 4.69) is 14.8 Å². The summed E-state index contributed by atoms with van der Waals surface area (Å²) in [6.07, 6.45) is 7.12. The Hall–Kier alpha value is -1.20. The molecule has 4 nitrogen and oxygen atoms in total. The fourth-order valence-electron chi connectivity index (χ4n) is 2.69. The third kappa shape index (κ3) is 2.87. The quantitative estimate of drug-likeness (QED) is 0.934. The van der Waals surface area contributed by atoms with Gasteiger partial charge < -0.3 is 5.11 Å². The predicted octanol–water partition coefficient (Wildman–Crippen LogP) is 3.04. The summed E-state index contributed by atoms with van der Waals surface area (Å²) in [5, 5.41) is 17.7. The Balaban J connectivity index is 1.66. The number of nitrogens with zero attached hydrogens (tertiary/aromatic N) is 3. The van der Waals surface area contributed by atoms with Gasteiger partial charge in [0.1, 0.15) is 6.10 Å². The van der Waals surface area contributed by atoms with Crippen LogP contribution in [0.15, 0.2) is 17.6 Å². The molecule has 2 heterocycles. The Labute approximate surface area is 117 Å². The molecular weight excluding hydrogens is 258 g/mol. The van der Waals surface area contributed by atoms with E-state index in [1.807, 2.05) is 24.6 Å². The summed E-state index contributed by atoms with van der Waals surface area (Å²) in [7, 11) is 0. The van der Waals surface area contributed by atoms with Gasteiger partial charge in [-0.3, -0.25) is 4.68 Å². The maximum atomic E-state index is 10.2. The topological polar surface area (TPSA) is 50.9 Å². The molecule has 2 aromatic rings. The molecule has 0 bridgehead atoms. The Morgan fingerprint density at radius 3 is 2.95 bits per heavy atom. The summed E-state index contributed by atoms with van der Waals surface area (Å²) in [5.74, 6) is 0. The van der Waals surface area contributed by atoms with E-state index in [-0.39, 0.29) is 0 Å². The smallest absolute Gasteiger partial charge is 0.102 e. The Morgan fingerprint density at radius 1 is 1.47 bits per heavy atom. The Bertz CT molecular complexity index is 542. The lowest BCUT2D eigenvalue weighted by atomic mass is 10.1. The molecule has 0 saturated heterocycles. The molecule has 1 fully saturated rings. The zero-order chi connectivity index (χ0) is 13.2. The molecule has 2 aromatic heterocycles. The van der Waals surface area contributed by atoms with Crippen molar-refractivity contribution in [3.8, 4) is 0 Å². The number of aliphatic hydroxyl groups is 1. The van der Waals surface area contributed by atoms with Gasteiger partial charge in [-0.1, -0.05) is 12.8 Å². The lowest BCUT2D eigenvalue weighted by molar-refractivity contribution is 0.172. The van der Waals surface area contributed by atoms with E-state index in [0.717, 1.165) is 16.4 Å². The van der Waals surface area contributed by atoms with E-state index in [0.29, 0.717) is 12.5 Å². The van der Waals surface area contributed by atoms with Crippen LogP contribution in [0.3, 0.4) is 0 Å². The molecule has 0 aliphatic heterocycles. The molecule has 0 aromatic carbocycles. The highest BCUT2D eigenvalue weighted by atomic mass is 32.1. The van der Waals surface area contributed by atoms with Gasteiger partial charge in [-0.05, 0) is 25.8 Å². The average Bonchev–Trinajstić information content (AvgIpc) is 3.07. The monoisotopic (exact) mass is 277 g/mol. The second-order valence-electron chi connectivity index (χ2n) is 5.24. The highest BCUT2D eigenvalue weighted by Gasteiger charge is 2.19. The molecule has 1 aliphatic carbocycles. The predicted molar refractivity (Wildman–Crippen MR) is 75.2 cm³/mol. The van der Waals surface area contributed by atoms with Crippen molar-refractivity contribution in [2.45, 2.75) is 51.2 Å². The number of hydrogen-bond donors (Lipinski definition) is 1. The van der Waals surface area contributed by atoms with Crippen molar-refractivity contribution >= 4 is 11.3 Å². The number of aliphatic hydroxyl groups excluding tert-OH is 1. The van der Waals surface area contributed by atoms with Crippen LogP contribution in [0.4, 0.5) is 0 Å². The van der Waals surface area contributed by atoms with Gasteiger partial charge >= 0.3 is 0 Å². The van der Waals surface area contributed by atoms with Crippen LogP contribution < -0.4 is 0 Å². The Kier molecular flexibility index (Phi) is 3.66. The van der Waals surface area contributed by atoms with E-state index in [1.165, 1.54) is 25.7 Å². The molecular formula is C14H19N3OS. The first-order valence-corrected chi connectivity index (χ1v) is 7.74. The number of rotatable bonds is 4. The second-order valence-corrected chi connectivity index (χ2v) is 6.30. The molecule has 1 unspecified atom stereocenters. The molecule has 102 valence electrons. The molecule has 1 atom stereocenters. The van der Waals surface area contributed by atoms with E-state index in [1.54, 1.807) is 11.3 Å². The van der Waals surface area contributed by atoms with Gasteiger partial charge in [-0.15, -0.1) is 11.3 Å². The summed E-state index contributed by atoms with van der Waals surface area (Å²) >= 11 is 1.57. The van der Waals surface area contributed by atoms with Gasteiger partial charge in [0.15, 0.2) is 0 Å². The largest absolute Gasteiger partial charge is 0.386 e. The third-order valence-corrected chi connectivity index (χ3v) is 4.53. The zero-order valence-electron chi connectivity index (χ0n) is 11.1. The van der Waals surface area contributed by atoms with E-state index in [4.69, 9.17) is 0 Å². The molecule has 1 aliphatic rings. The summed E-state index contributed by atoms with van der Waals surface area (Å²) in [6.45, 7) is 1.95. The molecule has 0 amide bonds. The van der Waals surface area contributed by atoms with Crippen molar-refractivity contribution < 1.29 is 5.11 Å². The number of hydrogen-bond acceptors (Lipinski definition) is 4. The maximum Gasteiger partial charge on any atom is 0.102 e. The Morgan fingerprint density at radius 2 is 2.26 bits per heavy atom. The molecule has 1 N–H and O–H groups in total. The SMILES string of the molecule is Cc1nc(C(O)Cc2ccn(C3CCCC3)n2)cs1. The molecule has 1 saturated carbocycles. The van der Waals surface area contributed by atoms with Crippen LogP contribution in [0.25, 0.3) is 0 Å². The lowest BCUT2D eigenvalue weighted by Gasteiger charge is -2.09. The average molecular weight is 277 g/mol.